The van der Waals surface area contributed by atoms with Gasteiger partial charge >= 0.3 is 0 Å². The fourth-order valence-electron chi connectivity index (χ4n) is 3.08. The maximum absolute atomic E-state index is 13.2. The molecule has 1 aromatic heterocycles. The number of hydrogen-bond donors (Lipinski definition) is 0. The average molecular weight is 414 g/mol. The second-order valence-electron chi connectivity index (χ2n) is 7.44. The Morgan fingerprint density at radius 2 is 1.83 bits per heavy atom. The smallest absolute Gasteiger partial charge is 0.243 e. The predicted octanol–water partition coefficient (Wildman–Crippen LogP) is 4.77. The van der Waals surface area contributed by atoms with E-state index in [9.17, 15) is 8.42 Å². The van der Waals surface area contributed by atoms with E-state index in [2.05, 4.69) is 24.0 Å². The third-order valence-corrected chi connectivity index (χ3v) is 6.57. The monoisotopic (exact) mass is 413 g/mol. The fourth-order valence-corrected chi connectivity index (χ4v) is 4.56. The summed E-state index contributed by atoms with van der Waals surface area (Å²) in [4.78, 5) is 4.68. The van der Waals surface area contributed by atoms with Crippen molar-refractivity contribution < 1.29 is 12.9 Å². The van der Waals surface area contributed by atoms with Crippen LogP contribution in [0.15, 0.2) is 57.9 Å². The van der Waals surface area contributed by atoms with Crippen LogP contribution in [-0.4, -0.2) is 29.4 Å². The lowest BCUT2D eigenvalue weighted by Crippen LogP contribution is -2.31. The normalized spacial score (nSPS) is 12.1. The highest BCUT2D eigenvalue weighted by Gasteiger charge is 2.26. The van der Waals surface area contributed by atoms with Crippen LogP contribution in [0.2, 0.25) is 0 Å². The highest BCUT2D eigenvalue weighted by Crippen LogP contribution is 2.23. The number of sulfonamides is 1. The minimum Gasteiger partial charge on any atom is -0.338 e. The Kier molecular flexibility index (Phi) is 6.49. The molecule has 0 spiro atoms. The Morgan fingerprint density at radius 3 is 2.45 bits per heavy atom. The van der Waals surface area contributed by atoms with Crippen LogP contribution in [0.1, 0.15) is 50.1 Å². The van der Waals surface area contributed by atoms with Gasteiger partial charge in [0.1, 0.15) is 0 Å². The fraction of sp³-hybridized carbons (Fsp3) is 0.364. The maximum Gasteiger partial charge on any atom is 0.243 e. The molecule has 0 bridgehead atoms. The van der Waals surface area contributed by atoms with Crippen molar-refractivity contribution in [1.82, 2.24) is 14.4 Å². The summed E-state index contributed by atoms with van der Waals surface area (Å²) in [6.45, 7) is 8.50. The van der Waals surface area contributed by atoms with Crippen molar-refractivity contribution in [3.63, 3.8) is 0 Å². The van der Waals surface area contributed by atoms with Gasteiger partial charge in [0.25, 0.3) is 0 Å². The molecule has 0 aliphatic carbocycles. The zero-order chi connectivity index (χ0) is 21.0. The molecule has 0 unspecified atom stereocenters. The standard InChI is InChI=1S/C22H27N3O3S/c1-5-13-25(29(26,27)20-11-9-18(10-12-20)16(2)3)15-21-23-22(24-28-21)19-8-6-7-17(4)14-19/h6-12,14,16H,5,13,15H2,1-4H3. The molecule has 7 heteroatoms. The van der Waals surface area contributed by atoms with E-state index in [0.29, 0.717) is 24.7 Å². The average Bonchev–Trinajstić information content (AvgIpc) is 3.16. The first-order chi connectivity index (χ1) is 13.8. The maximum atomic E-state index is 13.2. The zero-order valence-electron chi connectivity index (χ0n) is 17.3. The van der Waals surface area contributed by atoms with E-state index in [1.54, 1.807) is 12.1 Å². The van der Waals surface area contributed by atoms with Crippen molar-refractivity contribution in [2.45, 2.75) is 51.5 Å². The molecule has 3 aromatic rings. The van der Waals surface area contributed by atoms with Gasteiger partial charge in [-0.15, -0.1) is 0 Å². The Hall–Kier alpha value is -2.51. The number of nitrogens with zero attached hydrogens (tertiary/aromatic N) is 3. The zero-order valence-corrected chi connectivity index (χ0v) is 18.1. The van der Waals surface area contributed by atoms with Gasteiger partial charge in [0.05, 0.1) is 11.4 Å². The Labute approximate surface area is 172 Å². The Balaban J connectivity index is 1.84. The number of aromatic nitrogens is 2. The minimum absolute atomic E-state index is 0.0426. The third-order valence-electron chi connectivity index (χ3n) is 4.71. The molecule has 0 atom stereocenters. The van der Waals surface area contributed by atoms with Crippen LogP contribution in [0.25, 0.3) is 11.4 Å². The van der Waals surface area contributed by atoms with Crippen LogP contribution >= 0.6 is 0 Å². The molecule has 6 nitrogen and oxygen atoms in total. The SMILES string of the molecule is CCCN(Cc1nc(-c2cccc(C)c2)no1)S(=O)(=O)c1ccc(C(C)C)cc1. The summed E-state index contributed by atoms with van der Waals surface area (Å²) >= 11 is 0. The lowest BCUT2D eigenvalue weighted by molar-refractivity contribution is 0.315. The second kappa shape index (κ2) is 8.88. The third kappa shape index (κ3) is 4.92. The molecule has 0 radical (unpaired) electrons. The predicted molar refractivity (Wildman–Crippen MR) is 113 cm³/mol. The first-order valence-electron chi connectivity index (χ1n) is 9.81. The summed E-state index contributed by atoms with van der Waals surface area (Å²) < 4.78 is 33.1. The van der Waals surface area contributed by atoms with Gasteiger partial charge in [-0.05, 0) is 43.0 Å². The summed E-state index contributed by atoms with van der Waals surface area (Å²) in [6.07, 6.45) is 0.683. The second-order valence-corrected chi connectivity index (χ2v) is 9.38. The van der Waals surface area contributed by atoms with Crippen molar-refractivity contribution in [3.05, 3.63) is 65.5 Å². The van der Waals surface area contributed by atoms with Crippen molar-refractivity contribution in [2.24, 2.45) is 0 Å². The molecule has 0 saturated heterocycles. The molecule has 2 aromatic carbocycles. The highest BCUT2D eigenvalue weighted by molar-refractivity contribution is 7.89. The van der Waals surface area contributed by atoms with Gasteiger partial charge in [-0.25, -0.2) is 8.42 Å². The molecule has 3 rings (SSSR count). The molecule has 0 aliphatic rings. The van der Waals surface area contributed by atoms with Gasteiger partial charge in [-0.2, -0.15) is 9.29 Å². The van der Waals surface area contributed by atoms with Gasteiger partial charge in [-0.3, -0.25) is 0 Å². The van der Waals surface area contributed by atoms with Crippen LogP contribution in [0.3, 0.4) is 0 Å². The van der Waals surface area contributed by atoms with E-state index in [1.165, 1.54) is 4.31 Å². The van der Waals surface area contributed by atoms with Gasteiger partial charge in [0.15, 0.2) is 0 Å². The number of hydrogen-bond acceptors (Lipinski definition) is 5. The summed E-state index contributed by atoms with van der Waals surface area (Å²) in [5.74, 6) is 1.08. The summed E-state index contributed by atoms with van der Waals surface area (Å²) in [5.41, 5.74) is 3.04. The van der Waals surface area contributed by atoms with E-state index in [4.69, 9.17) is 4.52 Å². The van der Waals surface area contributed by atoms with Crippen molar-refractivity contribution in [3.8, 4) is 11.4 Å². The molecule has 0 N–H and O–H groups in total. The molecule has 0 amide bonds. The first kappa shape index (κ1) is 21.2. The van der Waals surface area contributed by atoms with Gasteiger partial charge < -0.3 is 4.52 Å². The van der Waals surface area contributed by atoms with Crippen molar-refractivity contribution in [1.29, 1.82) is 0 Å². The molecular weight excluding hydrogens is 386 g/mol. The van der Waals surface area contributed by atoms with E-state index < -0.39 is 10.0 Å². The van der Waals surface area contributed by atoms with Gasteiger partial charge in [0.2, 0.25) is 21.7 Å². The van der Waals surface area contributed by atoms with Crippen LogP contribution in [-0.2, 0) is 16.6 Å². The Bertz CT molecular complexity index is 1060. The van der Waals surface area contributed by atoms with Gasteiger partial charge in [-0.1, -0.05) is 61.8 Å². The molecule has 29 heavy (non-hydrogen) atoms. The summed E-state index contributed by atoms with van der Waals surface area (Å²) in [7, 11) is -3.66. The minimum atomic E-state index is -3.66. The lowest BCUT2D eigenvalue weighted by Gasteiger charge is -2.20. The van der Waals surface area contributed by atoms with Crippen molar-refractivity contribution >= 4 is 10.0 Å². The lowest BCUT2D eigenvalue weighted by atomic mass is 10.0. The molecule has 1 heterocycles. The van der Waals surface area contributed by atoms with Gasteiger partial charge in [0, 0.05) is 12.1 Å². The first-order valence-corrected chi connectivity index (χ1v) is 11.2. The molecule has 0 saturated carbocycles. The summed E-state index contributed by atoms with van der Waals surface area (Å²) in [5, 5.41) is 4.02. The van der Waals surface area contributed by atoms with E-state index in [-0.39, 0.29) is 17.3 Å². The number of rotatable bonds is 8. The van der Waals surface area contributed by atoms with Crippen LogP contribution in [0, 0.1) is 6.92 Å². The molecule has 0 aliphatic heterocycles. The number of aryl methyl sites for hydroxylation is 1. The topological polar surface area (TPSA) is 76.3 Å². The number of benzene rings is 2. The van der Waals surface area contributed by atoms with Crippen LogP contribution in [0.4, 0.5) is 0 Å². The quantitative estimate of drug-likeness (QED) is 0.532. The van der Waals surface area contributed by atoms with E-state index in [0.717, 1.165) is 16.7 Å². The van der Waals surface area contributed by atoms with E-state index >= 15 is 0 Å². The molecule has 154 valence electrons. The van der Waals surface area contributed by atoms with Crippen LogP contribution < -0.4 is 0 Å². The largest absolute Gasteiger partial charge is 0.338 e. The summed E-state index contributed by atoms with van der Waals surface area (Å²) in [6, 6.07) is 14.8. The highest BCUT2D eigenvalue weighted by atomic mass is 32.2. The molecule has 0 fully saturated rings. The Morgan fingerprint density at radius 1 is 1.10 bits per heavy atom. The van der Waals surface area contributed by atoms with Crippen LogP contribution in [0.5, 0.6) is 0 Å². The van der Waals surface area contributed by atoms with Crippen molar-refractivity contribution in [2.75, 3.05) is 6.54 Å². The van der Waals surface area contributed by atoms with E-state index in [1.807, 2.05) is 50.2 Å². The molecular formula is C22H27N3O3S.